The van der Waals surface area contributed by atoms with Crippen LogP contribution in [0, 0.1) is 18.3 Å². The minimum atomic E-state index is -1.10. The van der Waals surface area contributed by atoms with Crippen LogP contribution >= 0.6 is 11.3 Å². The van der Waals surface area contributed by atoms with Crippen molar-refractivity contribution in [1.82, 2.24) is 4.57 Å². The number of carbonyl (C=O) groups excluding carboxylic acids is 2. The van der Waals surface area contributed by atoms with E-state index in [4.69, 9.17) is 4.74 Å². The Labute approximate surface area is 230 Å². The van der Waals surface area contributed by atoms with Crippen LogP contribution in [0.4, 0.5) is 5.00 Å². The van der Waals surface area contributed by atoms with Gasteiger partial charge in [-0.15, -0.1) is 11.3 Å². The SMILES string of the molecule is CCC(OC(=O)c1c(-c2ccc(C)cc2)c2ccccc2c(=O)n1C)C(=O)Nc1sc2c(c1C#N)CCCC2. The third-order valence-electron chi connectivity index (χ3n) is 7.27. The smallest absolute Gasteiger partial charge is 0.356 e. The summed E-state index contributed by atoms with van der Waals surface area (Å²) >= 11 is 1.42. The quantitative estimate of drug-likeness (QED) is 0.308. The van der Waals surface area contributed by atoms with E-state index in [1.807, 2.05) is 43.3 Å². The van der Waals surface area contributed by atoms with Crippen LogP contribution in [0.2, 0.25) is 0 Å². The molecule has 7 nitrogen and oxygen atoms in total. The molecule has 198 valence electrons. The van der Waals surface area contributed by atoms with Gasteiger partial charge in [0.2, 0.25) is 0 Å². The van der Waals surface area contributed by atoms with Gasteiger partial charge in [-0.2, -0.15) is 5.26 Å². The molecule has 2 aromatic heterocycles. The van der Waals surface area contributed by atoms with Crippen molar-refractivity contribution in [3.05, 3.63) is 86.1 Å². The molecule has 8 heteroatoms. The highest BCUT2D eigenvalue weighted by Gasteiger charge is 2.29. The van der Waals surface area contributed by atoms with E-state index in [0.717, 1.165) is 47.3 Å². The number of pyridine rings is 1. The van der Waals surface area contributed by atoms with Gasteiger partial charge in [-0.25, -0.2) is 4.79 Å². The van der Waals surface area contributed by atoms with Crippen molar-refractivity contribution in [2.24, 2.45) is 7.05 Å². The van der Waals surface area contributed by atoms with Crippen LogP contribution in [-0.4, -0.2) is 22.5 Å². The Morgan fingerprint density at radius 1 is 1.10 bits per heavy atom. The van der Waals surface area contributed by atoms with E-state index in [2.05, 4.69) is 11.4 Å². The fourth-order valence-corrected chi connectivity index (χ4v) is 6.43. The van der Waals surface area contributed by atoms with Crippen molar-refractivity contribution in [3.8, 4) is 17.2 Å². The lowest BCUT2D eigenvalue weighted by atomic mass is 9.96. The lowest BCUT2D eigenvalue weighted by molar-refractivity contribution is -0.124. The zero-order valence-corrected chi connectivity index (χ0v) is 23.0. The van der Waals surface area contributed by atoms with Gasteiger partial charge in [0.1, 0.15) is 16.8 Å². The number of amides is 1. The molecule has 0 saturated carbocycles. The first-order valence-corrected chi connectivity index (χ1v) is 13.9. The van der Waals surface area contributed by atoms with Crippen LogP contribution in [0.3, 0.4) is 0 Å². The summed E-state index contributed by atoms with van der Waals surface area (Å²) in [4.78, 5) is 41.4. The first-order chi connectivity index (χ1) is 18.8. The molecule has 1 amide bonds. The monoisotopic (exact) mass is 539 g/mol. The summed E-state index contributed by atoms with van der Waals surface area (Å²) in [7, 11) is 1.54. The number of nitriles is 1. The highest BCUT2D eigenvalue weighted by molar-refractivity contribution is 7.16. The number of aryl methyl sites for hydroxylation is 2. The Balaban J connectivity index is 1.51. The molecule has 1 aliphatic carbocycles. The number of anilines is 1. The summed E-state index contributed by atoms with van der Waals surface area (Å²) < 4.78 is 7.07. The molecule has 1 N–H and O–H groups in total. The number of hydrogen-bond acceptors (Lipinski definition) is 6. The van der Waals surface area contributed by atoms with E-state index >= 15 is 0 Å². The van der Waals surface area contributed by atoms with Gasteiger partial charge in [0.15, 0.2) is 6.10 Å². The first-order valence-electron chi connectivity index (χ1n) is 13.1. The van der Waals surface area contributed by atoms with Crippen molar-refractivity contribution in [3.63, 3.8) is 0 Å². The zero-order chi connectivity index (χ0) is 27.7. The lowest BCUT2D eigenvalue weighted by Crippen LogP contribution is -2.34. The van der Waals surface area contributed by atoms with Crippen molar-refractivity contribution < 1.29 is 14.3 Å². The molecule has 1 aliphatic rings. The van der Waals surface area contributed by atoms with Crippen LogP contribution in [0.5, 0.6) is 0 Å². The molecule has 0 radical (unpaired) electrons. The van der Waals surface area contributed by atoms with Crippen molar-refractivity contribution in [2.45, 2.75) is 52.1 Å². The highest BCUT2D eigenvalue weighted by atomic mass is 32.1. The molecule has 0 spiro atoms. The summed E-state index contributed by atoms with van der Waals surface area (Å²) in [5.74, 6) is -1.26. The molecule has 0 aliphatic heterocycles. The average molecular weight is 540 g/mol. The second-order valence-corrected chi connectivity index (χ2v) is 10.9. The van der Waals surface area contributed by atoms with E-state index in [1.165, 1.54) is 15.9 Å². The standard InChI is InChI=1S/C31H29N3O4S/c1-4-24(28(35)33-29-23(17-32)20-9-7-8-12-25(20)39-29)38-31(37)27-26(19-15-13-18(2)14-16-19)21-10-5-6-11-22(21)30(36)34(27)3/h5-6,10-11,13-16,24H,4,7-9,12H2,1-3H3,(H,33,35). The molecule has 0 fully saturated rings. The van der Waals surface area contributed by atoms with E-state index in [0.29, 0.717) is 26.9 Å². The molecule has 1 atom stereocenters. The molecule has 0 bridgehead atoms. The fraction of sp³-hybridized carbons (Fsp3) is 0.290. The van der Waals surface area contributed by atoms with Gasteiger partial charge >= 0.3 is 5.97 Å². The number of hydrogen-bond donors (Lipinski definition) is 1. The second kappa shape index (κ2) is 10.9. The third kappa shape index (κ3) is 4.86. The number of nitrogens with one attached hydrogen (secondary N) is 1. The Morgan fingerprint density at radius 2 is 1.79 bits per heavy atom. The zero-order valence-electron chi connectivity index (χ0n) is 22.2. The minimum absolute atomic E-state index is 0.0816. The Morgan fingerprint density at radius 3 is 2.49 bits per heavy atom. The molecule has 1 unspecified atom stereocenters. The number of aromatic nitrogens is 1. The number of fused-ring (bicyclic) bond motifs is 2. The van der Waals surface area contributed by atoms with Crippen LogP contribution < -0.4 is 10.9 Å². The number of ether oxygens (including phenoxy) is 1. The summed E-state index contributed by atoms with van der Waals surface area (Å²) in [6, 6.07) is 17.1. The van der Waals surface area contributed by atoms with E-state index < -0.39 is 18.0 Å². The van der Waals surface area contributed by atoms with Gasteiger partial charge in [0, 0.05) is 22.9 Å². The van der Waals surface area contributed by atoms with Gasteiger partial charge in [-0.3, -0.25) is 9.59 Å². The number of benzene rings is 2. The summed E-state index contributed by atoms with van der Waals surface area (Å²) in [5.41, 5.74) is 3.68. The Bertz CT molecular complexity index is 1690. The molecular formula is C31H29N3O4S. The van der Waals surface area contributed by atoms with Crippen LogP contribution in [-0.2, 0) is 29.4 Å². The minimum Gasteiger partial charge on any atom is -0.448 e. The van der Waals surface area contributed by atoms with Gasteiger partial charge in [-0.1, -0.05) is 55.0 Å². The Hall–Kier alpha value is -4.22. The maximum atomic E-state index is 13.7. The summed E-state index contributed by atoms with van der Waals surface area (Å²) in [6.07, 6.45) is 2.94. The number of thiophene rings is 1. The fourth-order valence-electron chi connectivity index (χ4n) is 5.19. The van der Waals surface area contributed by atoms with Gasteiger partial charge in [-0.05, 0) is 61.6 Å². The van der Waals surface area contributed by atoms with Crippen molar-refractivity contribution in [1.29, 1.82) is 5.26 Å². The molecule has 39 heavy (non-hydrogen) atoms. The number of esters is 1. The van der Waals surface area contributed by atoms with Gasteiger partial charge < -0.3 is 14.6 Å². The second-order valence-electron chi connectivity index (χ2n) is 9.82. The third-order valence-corrected chi connectivity index (χ3v) is 8.48. The molecule has 0 saturated heterocycles. The van der Waals surface area contributed by atoms with Crippen LogP contribution in [0.15, 0.2) is 53.3 Å². The molecule has 5 rings (SSSR count). The highest BCUT2D eigenvalue weighted by Crippen LogP contribution is 2.38. The van der Waals surface area contributed by atoms with E-state index in [-0.39, 0.29) is 17.7 Å². The lowest BCUT2D eigenvalue weighted by Gasteiger charge is -2.20. The molecule has 2 aromatic carbocycles. The maximum Gasteiger partial charge on any atom is 0.356 e. The summed E-state index contributed by atoms with van der Waals surface area (Å²) in [6.45, 7) is 3.73. The largest absolute Gasteiger partial charge is 0.448 e. The van der Waals surface area contributed by atoms with E-state index in [1.54, 1.807) is 26.1 Å². The molecular weight excluding hydrogens is 510 g/mol. The van der Waals surface area contributed by atoms with Crippen molar-refractivity contribution in [2.75, 3.05) is 5.32 Å². The first kappa shape index (κ1) is 26.4. The number of rotatable bonds is 6. The predicted octanol–water partition coefficient (Wildman–Crippen LogP) is 5.90. The number of carbonyl (C=O) groups is 2. The average Bonchev–Trinajstić information content (AvgIpc) is 3.30. The molecule has 4 aromatic rings. The maximum absolute atomic E-state index is 13.7. The number of nitrogens with zero attached hydrogens (tertiary/aromatic N) is 2. The Kier molecular flexibility index (Phi) is 7.36. The van der Waals surface area contributed by atoms with Gasteiger partial charge in [0.25, 0.3) is 11.5 Å². The van der Waals surface area contributed by atoms with Crippen LogP contribution in [0.1, 0.15) is 58.2 Å². The molecule has 2 heterocycles. The van der Waals surface area contributed by atoms with E-state index in [9.17, 15) is 19.6 Å². The predicted molar refractivity (Wildman–Crippen MR) is 153 cm³/mol. The van der Waals surface area contributed by atoms with Crippen molar-refractivity contribution >= 4 is 39.0 Å². The van der Waals surface area contributed by atoms with Gasteiger partial charge in [0.05, 0.1) is 5.56 Å². The normalized spacial score (nSPS) is 13.4. The topological polar surface area (TPSA) is 101 Å². The summed E-state index contributed by atoms with van der Waals surface area (Å²) in [5, 5.41) is 14.2. The van der Waals surface area contributed by atoms with Crippen LogP contribution in [0.25, 0.3) is 21.9 Å².